The third-order valence-electron chi connectivity index (χ3n) is 6.48. The Bertz CT molecular complexity index is 1740. The maximum absolute atomic E-state index is 12.5. The van der Waals surface area contributed by atoms with Crippen molar-refractivity contribution in [1.82, 2.24) is 0 Å². The van der Waals surface area contributed by atoms with Gasteiger partial charge in [0, 0.05) is 22.8 Å². The van der Waals surface area contributed by atoms with Crippen LogP contribution in [0.1, 0.15) is 36.7 Å². The van der Waals surface area contributed by atoms with E-state index in [2.05, 4.69) is 19.7 Å². The van der Waals surface area contributed by atoms with E-state index in [0.29, 0.717) is 17.1 Å². The van der Waals surface area contributed by atoms with Crippen LogP contribution < -0.4 is 18.9 Å². The first-order valence-electron chi connectivity index (χ1n) is 15.5. The van der Waals surface area contributed by atoms with Crippen LogP contribution in [0.25, 0.3) is 6.08 Å². The van der Waals surface area contributed by atoms with Crippen molar-refractivity contribution in [2.45, 2.75) is 20.8 Å². The molecule has 0 amide bonds. The molecule has 12 nitrogen and oxygen atoms in total. The summed E-state index contributed by atoms with van der Waals surface area (Å²) in [5.74, 6) is -2.04. The molecule has 0 saturated heterocycles. The standard InChI is InChI=1S/C39H38O12/c1-25(2)36(41)46-22-29(23-47-37(42)26(3)4)21-45-31-12-7-28(8-13-31)9-20-35(40)50-33-16-18-34(19-17-33)51-39(44)30-10-14-32(15-11-30)48-24-49-38(43)27(5)6/h7-20,29H,1,3,5,21-24H2,2,4,6H3/b20-9+. The average molecular weight is 699 g/mol. The first kappa shape index (κ1) is 39.0. The Labute approximate surface area is 295 Å². The van der Waals surface area contributed by atoms with E-state index in [4.69, 9.17) is 33.2 Å². The normalized spacial score (nSPS) is 10.5. The smallest absolute Gasteiger partial charge is 0.343 e. The Morgan fingerprint density at radius 2 is 1.02 bits per heavy atom. The number of benzene rings is 3. The van der Waals surface area contributed by atoms with Crippen molar-refractivity contribution >= 4 is 35.9 Å². The minimum Gasteiger partial charge on any atom is -0.493 e. The van der Waals surface area contributed by atoms with Crippen molar-refractivity contribution < 1.29 is 57.1 Å². The van der Waals surface area contributed by atoms with E-state index < -0.39 is 35.8 Å². The van der Waals surface area contributed by atoms with E-state index in [1.54, 1.807) is 30.3 Å². The third kappa shape index (κ3) is 13.9. The second-order valence-corrected chi connectivity index (χ2v) is 11.1. The monoisotopic (exact) mass is 698 g/mol. The van der Waals surface area contributed by atoms with Gasteiger partial charge in [-0.1, -0.05) is 31.9 Å². The Morgan fingerprint density at radius 3 is 1.55 bits per heavy atom. The summed E-state index contributed by atoms with van der Waals surface area (Å²) in [6.45, 7) is 14.9. The molecule has 0 fully saturated rings. The van der Waals surface area contributed by atoms with E-state index >= 15 is 0 Å². The van der Waals surface area contributed by atoms with Crippen molar-refractivity contribution in [3.8, 4) is 23.0 Å². The summed E-state index contributed by atoms with van der Waals surface area (Å²) in [5.41, 5.74) is 1.68. The quantitative estimate of drug-likeness (QED) is 0.0488. The van der Waals surface area contributed by atoms with Crippen LogP contribution in [0.5, 0.6) is 23.0 Å². The molecule has 0 aromatic heterocycles. The molecule has 0 radical (unpaired) electrons. The number of esters is 5. The van der Waals surface area contributed by atoms with Crippen molar-refractivity contribution in [1.29, 1.82) is 0 Å². The van der Waals surface area contributed by atoms with E-state index in [1.807, 2.05) is 0 Å². The molecule has 0 saturated carbocycles. The molecule has 266 valence electrons. The lowest BCUT2D eigenvalue weighted by Gasteiger charge is -2.18. The van der Waals surface area contributed by atoms with E-state index in [1.165, 1.54) is 75.4 Å². The molecule has 0 heterocycles. The van der Waals surface area contributed by atoms with Crippen LogP contribution in [0.4, 0.5) is 0 Å². The Morgan fingerprint density at radius 1 is 0.569 bits per heavy atom. The fraction of sp³-hybridized carbons (Fsp3) is 0.205. The van der Waals surface area contributed by atoms with Crippen molar-refractivity contribution in [3.63, 3.8) is 0 Å². The highest BCUT2D eigenvalue weighted by atomic mass is 16.7. The van der Waals surface area contributed by atoms with Gasteiger partial charge in [0.1, 0.15) is 36.2 Å². The zero-order valence-electron chi connectivity index (χ0n) is 28.5. The molecular weight excluding hydrogens is 660 g/mol. The molecular formula is C39H38O12. The molecule has 0 spiro atoms. The highest BCUT2D eigenvalue weighted by molar-refractivity contribution is 5.91. The van der Waals surface area contributed by atoms with Gasteiger partial charge in [-0.05, 0) is 93.1 Å². The predicted molar refractivity (Wildman–Crippen MR) is 186 cm³/mol. The topological polar surface area (TPSA) is 150 Å². The van der Waals surface area contributed by atoms with Crippen LogP contribution in [-0.2, 0) is 33.4 Å². The number of carbonyl (C=O) groups is 5. The van der Waals surface area contributed by atoms with Gasteiger partial charge in [-0.3, -0.25) is 0 Å². The highest BCUT2D eigenvalue weighted by Crippen LogP contribution is 2.21. The molecule has 0 aliphatic heterocycles. The zero-order chi connectivity index (χ0) is 37.3. The predicted octanol–water partition coefficient (Wildman–Crippen LogP) is 6.21. The van der Waals surface area contributed by atoms with E-state index in [-0.39, 0.29) is 60.4 Å². The highest BCUT2D eigenvalue weighted by Gasteiger charge is 2.17. The lowest BCUT2D eigenvalue weighted by molar-refractivity contribution is -0.146. The fourth-order valence-electron chi connectivity index (χ4n) is 3.68. The molecule has 51 heavy (non-hydrogen) atoms. The van der Waals surface area contributed by atoms with Crippen LogP contribution in [0.2, 0.25) is 0 Å². The molecule has 0 unspecified atom stereocenters. The number of rotatable bonds is 18. The lowest BCUT2D eigenvalue weighted by atomic mass is 10.2. The van der Waals surface area contributed by atoms with Crippen molar-refractivity contribution in [2.24, 2.45) is 5.92 Å². The summed E-state index contributed by atoms with van der Waals surface area (Å²) < 4.78 is 37.1. The number of ether oxygens (including phenoxy) is 7. The van der Waals surface area contributed by atoms with Gasteiger partial charge < -0.3 is 33.2 Å². The molecule has 3 aromatic rings. The summed E-state index contributed by atoms with van der Waals surface area (Å²) in [4.78, 5) is 60.0. The zero-order valence-corrected chi connectivity index (χ0v) is 28.5. The number of hydrogen-bond donors (Lipinski definition) is 0. The Balaban J connectivity index is 1.46. The summed E-state index contributed by atoms with van der Waals surface area (Å²) in [6.07, 6.45) is 2.81. The van der Waals surface area contributed by atoms with Gasteiger partial charge in [0.2, 0.25) is 6.79 Å². The summed E-state index contributed by atoms with van der Waals surface area (Å²) >= 11 is 0. The van der Waals surface area contributed by atoms with Crippen molar-refractivity contribution in [2.75, 3.05) is 26.6 Å². The van der Waals surface area contributed by atoms with E-state index in [9.17, 15) is 24.0 Å². The van der Waals surface area contributed by atoms with Crippen LogP contribution in [0, 0.1) is 5.92 Å². The minimum atomic E-state index is -0.631. The van der Waals surface area contributed by atoms with Crippen LogP contribution in [0.15, 0.2) is 115 Å². The van der Waals surface area contributed by atoms with Gasteiger partial charge in [-0.2, -0.15) is 0 Å². The van der Waals surface area contributed by atoms with Crippen molar-refractivity contribution in [3.05, 3.63) is 126 Å². The van der Waals surface area contributed by atoms with Gasteiger partial charge >= 0.3 is 29.8 Å². The Kier molecular flexibility index (Phi) is 14.9. The summed E-state index contributed by atoms with van der Waals surface area (Å²) in [7, 11) is 0. The van der Waals surface area contributed by atoms with Crippen LogP contribution in [-0.4, -0.2) is 56.5 Å². The molecule has 12 heteroatoms. The number of hydrogen-bond acceptors (Lipinski definition) is 12. The lowest BCUT2D eigenvalue weighted by Crippen LogP contribution is -2.26. The van der Waals surface area contributed by atoms with Crippen LogP contribution >= 0.6 is 0 Å². The molecule has 3 aromatic carbocycles. The Hall–Kier alpha value is -6.43. The largest absolute Gasteiger partial charge is 0.493 e. The second-order valence-electron chi connectivity index (χ2n) is 11.1. The number of carbonyl (C=O) groups excluding carboxylic acids is 5. The minimum absolute atomic E-state index is 0.0450. The maximum Gasteiger partial charge on any atom is 0.343 e. The summed E-state index contributed by atoms with van der Waals surface area (Å²) in [6, 6.07) is 18.8. The first-order chi connectivity index (χ1) is 24.3. The first-order valence-corrected chi connectivity index (χ1v) is 15.5. The van der Waals surface area contributed by atoms with Gasteiger partial charge in [0.25, 0.3) is 0 Å². The third-order valence-corrected chi connectivity index (χ3v) is 6.48. The van der Waals surface area contributed by atoms with Gasteiger partial charge in [0.05, 0.1) is 18.1 Å². The molecule has 3 rings (SSSR count). The summed E-state index contributed by atoms with van der Waals surface area (Å²) in [5, 5.41) is 0. The second kappa shape index (κ2) is 19.5. The molecule has 0 atom stereocenters. The van der Waals surface area contributed by atoms with Gasteiger partial charge in [0.15, 0.2) is 0 Å². The maximum atomic E-state index is 12.5. The SMILES string of the molecule is C=C(C)C(=O)OCOc1ccc(C(=O)Oc2ccc(OC(=O)/C=C/c3ccc(OCC(COC(=O)C(=C)C)COC(=O)C(=C)C)cc3)cc2)cc1. The molecule has 0 N–H and O–H groups in total. The van der Waals surface area contributed by atoms with Gasteiger partial charge in [-0.15, -0.1) is 0 Å². The molecule has 0 aliphatic carbocycles. The molecule has 0 bridgehead atoms. The fourth-order valence-corrected chi connectivity index (χ4v) is 3.68. The van der Waals surface area contributed by atoms with Gasteiger partial charge in [-0.25, -0.2) is 24.0 Å². The average Bonchev–Trinajstić information content (AvgIpc) is 3.11. The van der Waals surface area contributed by atoms with Crippen LogP contribution in [0.3, 0.4) is 0 Å². The molecule has 0 aliphatic rings. The van der Waals surface area contributed by atoms with E-state index in [0.717, 1.165) is 0 Å².